The maximum atomic E-state index is 8.17. The van der Waals surface area contributed by atoms with Crippen molar-refractivity contribution >= 4 is 11.5 Å². The average Bonchev–Trinajstić information content (AvgIpc) is 2.39. The summed E-state index contributed by atoms with van der Waals surface area (Å²) in [7, 11) is 1.94. The lowest BCUT2D eigenvalue weighted by atomic mass is 10.1. The first-order valence-corrected chi connectivity index (χ1v) is 6.08. The monoisotopic (exact) mass is 238 g/mol. The molecule has 0 atom stereocenters. The molecule has 0 amide bonds. The predicted octanol–water partition coefficient (Wildman–Crippen LogP) is 3.65. The van der Waals surface area contributed by atoms with Crippen LogP contribution < -0.4 is 4.90 Å². The highest BCUT2D eigenvalue weighted by Crippen LogP contribution is 2.13. The molecule has 18 heavy (non-hydrogen) atoms. The summed E-state index contributed by atoms with van der Waals surface area (Å²) >= 11 is 0. The van der Waals surface area contributed by atoms with Crippen LogP contribution in [0.25, 0.3) is 0 Å². The fraction of sp³-hybridized carbons (Fsp3) is 0.188. The number of aryl methyl sites for hydroxylation is 1. The Morgan fingerprint density at radius 3 is 2.44 bits per heavy atom. The number of anilines is 1. The topological polar surface area (TPSA) is 27.1 Å². The van der Waals surface area contributed by atoms with Gasteiger partial charge in [-0.2, -0.15) is 0 Å². The van der Waals surface area contributed by atoms with Gasteiger partial charge in [-0.05, 0) is 24.6 Å². The van der Waals surface area contributed by atoms with Crippen molar-refractivity contribution in [3.05, 3.63) is 65.7 Å². The minimum absolute atomic E-state index is 0.604. The molecular weight excluding hydrogens is 220 g/mol. The second kappa shape index (κ2) is 5.50. The molecule has 1 N–H and O–H groups in total. The minimum Gasteiger partial charge on any atom is -0.333 e. The third kappa shape index (κ3) is 2.98. The van der Waals surface area contributed by atoms with Crippen LogP contribution in [0, 0.1) is 12.3 Å². The Labute approximate surface area is 108 Å². The molecule has 0 saturated carbocycles. The minimum atomic E-state index is 0.604. The van der Waals surface area contributed by atoms with Crippen LogP contribution in [0.5, 0.6) is 0 Å². The molecule has 0 fully saturated rings. The first kappa shape index (κ1) is 12.4. The van der Waals surface area contributed by atoms with Gasteiger partial charge in [0.2, 0.25) is 0 Å². The highest BCUT2D eigenvalue weighted by atomic mass is 15.1. The first-order chi connectivity index (χ1) is 8.66. The Kier molecular flexibility index (Phi) is 3.78. The molecule has 2 aromatic carbocycles. The van der Waals surface area contributed by atoms with Gasteiger partial charge in [0.05, 0.1) is 0 Å². The van der Waals surface area contributed by atoms with Crippen molar-refractivity contribution in [2.75, 3.05) is 11.9 Å². The molecule has 0 heterocycles. The normalized spacial score (nSPS) is 10.1. The fourth-order valence-corrected chi connectivity index (χ4v) is 1.94. The van der Waals surface area contributed by atoms with Gasteiger partial charge in [0.1, 0.15) is 5.84 Å². The maximum absolute atomic E-state index is 8.17. The molecule has 2 aromatic rings. The Bertz CT molecular complexity index is 532. The summed E-state index contributed by atoms with van der Waals surface area (Å²) in [5, 5.41) is 8.17. The summed E-state index contributed by atoms with van der Waals surface area (Å²) in [6.45, 7) is 2.08. The van der Waals surface area contributed by atoms with Gasteiger partial charge in [-0.1, -0.05) is 48.0 Å². The van der Waals surface area contributed by atoms with Crippen LogP contribution in [0.4, 0.5) is 5.69 Å². The Hall–Kier alpha value is -2.09. The molecule has 0 aliphatic heterocycles. The van der Waals surface area contributed by atoms with Crippen molar-refractivity contribution < 1.29 is 0 Å². The number of rotatable bonds is 3. The van der Waals surface area contributed by atoms with E-state index in [-0.39, 0.29) is 0 Å². The van der Waals surface area contributed by atoms with Crippen LogP contribution in [0.15, 0.2) is 54.6 Å². The van der Waals surface area contributed by atoms with E-state index in [1.54, 1.807) is 0 Å². The van der Waals surface area contributed by atoms with Crippen LogP contribution in [-0.4, -0.2) is 12.9 Å². The molecule has 0 radical (unpaired) electrons. The number of nitrogens with zero attached hydrogens (tertiary/aromatic N) is 1. The third-order valence-electron chi connectivity index (χ3n) is 3.00. The van der Waals surface area contributed by atoms with Crippen molar-refractivity contribution in [3.8, 4) is 0 Å². The summed E-state index contributed by atoms with van der Waals surface area (Å²) in [5.74, 6) is 0.604. The zero-order valence-electron chi connectivity index (χ0n) is 10.9. The molecule has 0 spiro atoms. The van der Waals surface area contributed by atoms with Gasteiger partial charge in [-0.25, -0.2) is 0 Å². The van der Waals surface area contributed by atoms with Crippen molar-refractivity contribution in [1.82, 2.24) is 0 Å². The zero-order valence-corrected chi connectivity index (χ0v) is 10.9. The largest absolute Gasteiger partial charge is 0.333 e. The highest BCUT2D eigenvalue weighted by Gasteiger charge is 2.07. The van der Waals surface area contributed by atoms with Crippen molar-refractivity contribution in [2.45, 2.75) is 13.3 Å². The first-order valence-electron chi connectivity index (χ1n) is 6.08. The SMILES string of the molecule is Cc1cccc(CC(=N)N(C)c2ccccc2)c1. The number of likely N-dealkylation sites (N-methyl/N-ethyl adjacent to an activating group) is 1. The van der Waals surface area contributed by atoms with Gasteiger partial charge in [0.15, 0.2) is 0 Å². The van der Waals surface area contributed by atoms with E-state index in [0.717, 1.165) is 5.69 Å². The molecule has 0 aliphatic rings. The molecule has 0 aromatic heterocycles. The summed E-state index contributed by atoms with van der Waals surface area (Å²) < 4.78 is 0. The van der Waals surface area contributed by atoms with Gasteiger partial charge >= 0.3 is 0 Å². The van der Waals surface area contributed by atoms with E-state index in [1.807, 2.05) is 48.3 Å². The van der Waals surface area contributed by atoms with E-state index in [9.17, 15) is 0 Å². The Morgan fingerprint density at radius 1 is 1.06 bits per heavy atom. The fourth-order valence-electron chi connectivity index (χ4n) is 1.94. The average molecular weight is 238 g/mol. The van der Waals surface area contributed by atoms with Gasteiger partial charge in [-0.3, -0.25) is 5.41 Å². The van der Waals surface area contributed by atoms with Crippen molar-refractivity contribution in [2.24, 2.45) is 0 Å². The summed E-state index contributed by atoms with van der Waals surface area (Å²) in [5.41, 5.74) is 3.47. The molecule has 92 valence electrons. The van der Waals surface area contributed by atoms with Crippen LogP contribution in [0.2, 0.25) is 0 Å². The smallest absolute Gasteiger partial charge is 0.104 e. The van der Waals surface area contributed by atoms with E-state index in [0.29, 0.717) is 12.3 Å². The molecule has 0 unspecified atom stereocenters. The number of hydrogen-bond acceptors (Lipinski definition) is 1. The van der Waals surface area contributed by atoms with E-state index < -0.39 is 0 Å². The van der Waals surface area contributed by atoms with Crippen LogP contribution in [-0.2, 0) is 6.42 Å². The molecule has 2 nitrogen and oxygen atoms in total. The second-order valence-corrected chi connectivity index (χ2v) is 4.51. The van der Waals surface area contributed by atoms with E-state index >= 15 is 0 Å². The van der Waals surface area contributed by atoms with Crippen LogP contribution in [0.1, 0.15) is 11.1 Å². The number of para-hydroxylation sites is 1. The van der Waals surface area contributed by atoms with Crippen molar-refractivity contribution in [1.29, 1.82) is 5.41 Å². The summed E-state index contributed by atoms with van der Waals surface area (Å²) in [6.07, 6.45) is 0.660. The lowest BCUT2D eigenvalue weighted by Crippen LogP contribution is -2.27. The molecule has 0 saturated heterocycles. The van der Waals surface area contributed by atoms with Gasteiger partial charge in [0, 0.05) is 19.2 Å². The quantitative estimate of drug-likeness (QED) is 0.641. The van der Waals surface area contributed by atoms with Gasteiger partial charge in [-0.15, -0.1) is 0 Å². The Balaban J connectivity index is 2.09. The molecule has 0 aliphatic carbocycles. The summed E-state index contributed by atoms with van der Waals surface area (Å²) in [4.78, 5) is 1.92. The number of amidine groups is 1. The lowest BCUT2D eigenvalue weighted by molar-refractivity contribution is 1.14. The van der Waals surface area contributed by atoms with E-state index in [2.05, 4.69) is 25.1 Å². The summed E-state index contributed by atoms with van der Waals surface area (Å²) in [6, 6.07) is 18.3. The molecule has 2 rings (SSSR count). The van der Waals surface area contributed by atoms with E-state index in [1.165, 1.54) is 11.1 Å². The molecule has 2 heteroatoms. The highest BCUT2D eigenvalue weighted by molar-refractivity contribution is 5.96. The standard InChI is InChI=1S/C16H18N2/c1-13-7-6-8-14(11-13)12-16(17)18(2)15-9-4-3-5-10-15/h3-11,17H,12H2,1-2H3. The predicted molar refractivity (Wildman–Crippen MR) is 77.5 cm³/mol. The van der Waals surface area contributed by atoms with Crippen LogP contribution >= 0.6 is 0 Å². The Morgan fingerprint density at radius 2 is 1.78 bits per heavy atom. The molecule has 0 bridgehead atoms. The van der Waals surface area contributed by atoms with E-state index in [4.69, 9.17) is 5.41 Å². The third-order valence-corrected chi connectivity index (χ3v) is 3.00. The number of nitrogens with one attached hydrogen (secondary N) is 1. The van der Waals surface area contributed by atoms with Crippen molar-refractivity contribution in [3.63, 3.8) is 0 Å². The van der Waals surface area contributed by atoms with Gasteiger partial charge < -0.3 is 4.90 Å². The zero-order chi connectivity index (χ0) is 13.0. The van der Waals surface area contributed by atoms with Crippen LogP contribution in [0.3, 0.4) is 0 Å². The number of hydrogen-bond donors (Lipinski definition) is 1. The lowest BCUT2D eigenvalue weighted by Gasteiger charge is -2.20. The second-order valence-electron chi connectivity index (χ2n) is 4.51. The molecular formula is C16H18N2. The number of benzene rings is 2. The van der Waals surface area contributed by atoms with Gasteiger partial charge in [0.25, 0.3) is 0 Å². The maximum Gasteiger partial charge on any atom is 0.104 e.